The monoisotopic (exact) mass is 1130 g/mol. The molecule has 2 aromatic heterocycles. The molecule has 0 saturated heterocycles. The average Bonchev–Trinajstić information content (AvgIpc) is 1.68. The third-order valence-corrected chi connectivity index (χ3v) is 17.1. The lowest BCUT2D eigenvalue weighted by Crippen LogP contribution is -2.33. The Morgan fingerprint density at radius 2 is 1.09 bits per heavy atom. The quantitative estimate of drug-likeness (QED) is 0.144. The fraction of sp³-hybridized carbons (Fsp3) is 0.263. The molecule has 0 fully saturated rings. The fourth-order valence-electron chi connectivity index (χ4n) is 12.1. The largest absolute Gasteiger partial charge is 0.457 e. The highest BCUT2D eigenvalue weighted by Gasteiger charge is 2.39. The average molecular weight is 1130 g/mol. The Labute approximate surface area is 527 Å². The smallest absolute Gasteiger partial charge is 0.137 e. The van der Waals surface area contributed by atoms with Crippen LogP contribution in [0.5, 0.6) is 11.5 Å². The molecule has 85 heavy (non-hydrogen) atoms. The van der Waals surface area contributed by atoms with Crippen LogP contribution in [0.1, 0.15) is 153 Å². The summed E-state index contributed by atoms with van der Waals surface area (Å²) in [5.41, 5.74) is 6.10. The lowest BCUT2D eigenvalue weighted by Gasteiger charge is -2.42. The second-order valence-corrected chi connectivity index (χ2v) is 27.2. The molecule has 5 nitrogen and oxygen atoms in total. The molecular weight excluding hydrogens is 1030 g/mol. The molecule has 0 N–H and O–H groups in total. The first-order valence-corrected chi connectivity index (χ1v) is 29.3. The first-order valence-electron chi connectivity index (χ1n) is 37.3. The van der Waals surface area contributed by atoms with E-state index in [-0.39, 0.29) is 105 Å². The van der Waals surface area contributed by atoms with Crippen molar-refractivity contribution in [3.63, 3.8) is 0 Å². The third kappa shape index (κ3) is 10.2. The van der Waals surface area contributed by atoms with Gasteiger partial charge in [0.25, 0.3) is 0 Å². The molecule has 13 rings (SSSR count). The van der Waals surface area contributed by atoms with E-state index in [1.54, 1.807) is 34.9 Å². The highest BCUT2D eigenvalue weighted by atomic mass is 16.5. The van der Waals surface area contributed by atoms with Gasteiger partial charge in [0, 0.05) is 51.5 Å². The molecule has 3 heterocycles. The molecule has 1 aliphatic carbocycles. The lowest BCUT2D eigenvalue weighted by atomic mass is 9.63. The summed E-state index contributed by atoms with van der Waals surface area (Å²) >= 11 is 0. The zero-order valence-corrected chi connectivity index (χ0v) is 50.8. The molecule has 9 aromatic carbocycles. The van der Waals surface area contributed by atoms with Gasteiger partial charge >= 0.3 is 0 Å². The highest BCUT2D eigenvalue weighted by Crippen LogP contribution is 2.54. The molecular formula is C80H80N4O. The van der Waals surface area contributed by atoms with Crippen LogP contribution in [0.3, 0.4) is 0 Å². The van der Waals surface area contributed by atoms with Crippen molar-refractivity contribution in [2.45, 2.75) is 130 Å². The van der Waals surface area contributed by atoms with E-state index in [0.29, 0.717) is 78.4 Å². The van der Waals surface area contributed by atoms with Gasteiger partial charge in [-0.2, -0.15) is 0 Å². The van der Waals surface area contributed by atoms with Gasteiger partial charge in [-0.05, 0) is 156 Å². The van der Waals surface area contributed by atoms with Crippen molar-refractivity contribution >= 4 is 44.6 Å². The molecule has 0 spiro atoms. The molecule has 5 heteroatoms. The van der Waals surface area contributed by atoms with Crippen LogP contribution in [0.15, 0.2) is 212 Å². The number of ether oxygens (including phenoxy) is 1. The number of anilines is 4. The SMILES string of the molecule is [2H]c1c([2H])c([2H])c(-c2cnc(-n3c4cc(Oc5cccc(N6CN(c7c(-c8c([2H])c([2H])c(-c9cccc(C(C)(C)C)c9)c([2H])c8[2H])cc(C(C)(C)C)cc7-c7c([2H])c([2H])c8c(c7[2H])C(C)(C)CCC8(C)C)c7ccccc76)c5)ccc4c4c([2H])c([2H])c([2H])c([2H])c43)cc2C(C)(C)C)c([2H])c1[2H]. The number of rotatable bonds is 9. The maximum atomic E-state index is 10.5. The fourth-order valence-corrected chi connectivity index (χ4v) is 12.1. The Kier molecular flexibility index (Phi) is 9.62. The van der Waals surface area contributed by atoms with Crippen molar-refractivity contribution in [3.05, 3.63) is 240 Å². The number of hydrogen-bond donors (Lipinski definition) is 0. The molecule has 0 saturated carbocycles. The van der Waals surface area contributed by atoms with Crippen LogP contribution in [0.2, 0.25) is 0 Å². The van der Waals surface area contributed by atoms with E-state index in [1.165, 1.54) is 6.20 Å². The number of para-hydroxylation sites is 3. The van der Waals surface area contributed by atoms with Gasteiger partial charge < -0.3 is 14.5 Å². The van der Waals surface area contributed by atoms with E-state index in [0.717, 1.165) is 29.7 Å². The van der Waals surface area contributed by atoms with Crippen molar-refractivity contribution in [1.82, 2.24) is 9.55 Å². The summed E-state index contributed by atoms with van der Waals surface area (Å²) in [5.74, 6) is 0.961. The number of nitrogens with zero attached hydrogens (tertiary/aromatic N) is 4. The van der Waals surface area contributed by atoms with Crippen LogP contribution in [-0.4, -0.2) is 16.2 Å². The maximum Gasteiger partial charge on any atom is 0.137 e. The number of fused-ring (bicyclic) bond motifs is 5. The summed E-state index contributed by atoms with van der Waals surface area (Å²) < 4.78 is 159. The molecule has 0 amide bonds. The van der Waals surface area contributed by atoms with Gasteiger partial charge in [-0.25, -0.2) is 4.98 Å². The van der Waals surface area contributed by atoms with Gasteiger partial charge in [-0.1, -0.05) is 223 Å². The van der Waals surface area contributed by atoms with E-state index in [9.17, 15) is 12.3 Å². The molecule has 0 radical (unpaired) electrons. The van der Waals surface area contributed by atoms with Crippen LogP contribution in [-0.2, 0) is 27.1 Å². The van der Waals surface area contributed by atoms with Crippen molar-refractivity contribution in [1.29, 1.82) is 0 Å². The summed E-state index contributed by atoms with van der Waals surface area (Å²) in [6, 6.07) is 29.0. The summed E-state index contributed by atoms with van der Waals surface area (Å²) in [6.45, 7) is 26.6. The molecule has 2 aliphatic rings. The van der Waals surface area contributed by atoms with E-state index in [1.807, 2.05) is 120 Å². The standard InChI is InChI=1S/C80H80N4O/c1-76(2,3)57-26-21-25-55(43-57)52-33-35-54(36-34-52)64-45-58(77(4,5)6)46-65(56-37-40-67-69(44-56)80(12,13)42-41-79(67,10)11)75(64)83-51-82(71-31-19-20-32-72(71)83)59-27-22-28-60(47-59)85-61-38-39-63-62-29-17-18-30-70(62)84(73(63)48-61)74-49-68(78(7,8)9)66(50-81-74)53-23-15-14-16-24-53/h14-40,43-50H,41-42,51H2,1-13H3/i14D,15D,16D,17D,18D,23D,24D,29D,30D,33D,34D,35D,36D,37D,40D,44D. The number of aromatic nitrogens is 2. The highest BCUT2D eigenvalue weighted by molar-refractivity contribution is 6.09. The van der Waals surface area contributed by atoms with Gasteiger partial charge in [0.2, 0.25) is 0 Å². The van der Waals surface area contributed by atoms with Crippen molar-refractivity contribution in [2.24, 2.45) is 0 Å². The van der Waals surface area contributed by atoms with Crippen molar-refractivity contribution in [3.8, 4) is 61.8 Å². The minimum absolute atomic E-state index is 0.0270. The zero-order valence-electron chi connectivity index (χ0n) is 66.8. The molecule has 1 aliphatic heterocycles. The first kappa shape index (κ1) is 39.8. The molecule has 0 bridgehead atoms. The predicted octanol–water partition coefficient (Wildman–Crippen LogP) is 22.1. The van der Waals surface area contributed by atoms with Crippen molar-refractivity contribution < 1.29 is 26.7 Å². The third-order valence-electron chi connectivity index (χ3n) is 17.1. The minimum Gasteiger partial charge on any atom is -0.457 e. The number of hydrogen-bond acceptors (Lipinski definition) is 4. The van der Waals surface area contributed by atoms with Crippen LogP contribution in [0.25, 0.3) is 72.1 Å². The number of benzene rings is 9. The van der Waals surface area contributed by atoms with Gasteiger partial charge in [0.1, 0.15) is 24.0 Å². The van der Waals surface area contributed by atoms with Gasteiger partial charge in [0.05, 0.1) is 50.0 Å². The summed E-state index contributed by atoms with van der Waals surface area (Å²) in [6.07, 6.45) is 2.95. The van der Waals surface area contributed by atoms with Crippen LogP contribution >= 0.6 is 0 Å². The van der Waals surface area contributed by atoms with E-state index in [2.05, 4.69) is 58.3 Å². The molecule has 426 valence electrons. The van der Waals surface area contributed by atoms with E-state index >= 15 is 0 Å². The molecule has 0 unspecified atom stereocenters. The summed E-state index contributed by atoms with van der Waals surface area (Å²) in [4.78, 5) is 9.02. The normalized spacial score (nSPS) is 17.5. The van der Waals surface area contributed by atoms with E-state index in [4.69, 9.17) is 19.3 Å². The summed E-state index contributed by atoms with van der Waals surface area (Å²) in [7, 11) is 0. The van der Waals surface area contributed by atoms with E-state index < -0.39 is 64.0 Å². The first-order chi connectivity index (χ1) is 47.2. The Morgan fingerprint density at radius 1 is 0.471 bits per heavy atom. The Hall–Kier alpha value is -8.67. The zero-order chi connectivity index (χ0) is 73.3. The van der Waals surface area contributed by atoms with Crippen LogP contribution in [0, 0.1) is 0 Å². The predicted molar refractivity (Wildman–Crippen MR) is 360 cm³/mol. The molecule has 11 aromatic rings. The van der Waals surface area contributed by atoms with Crippen LogP contribution < -0.4 is 14.5 Å². The Balaban J connectivity index is 0.990. The topological polar surface area (TPSA) is 33.5 Å². The minimum atomic E-state index is -0.719. The lowest BCUT2D eigenvalue weighted by molar-refractivity contribution is 0.332. The molecule has 0 atom stereocenters. The van der Waals surface area contributed by atoms with Gasteiger partial charge in [-0.15, -0.1) is 0 Å². The van der Waals surface area contributed by atoms with Crippen LogP contribution in [0.4, 0.5) is 22.7 Å². The second kappa shape index (κ2) is 20.5. The van der Waals surface area contributed by atoms with Gasteiger partial charge in [0.15, 0.2) is 0 Å². The number of pyridine rings is 1. The van der Waals surface area contributed by atoms with Gasteiger partial charge in [-0.3, -0.25) is 4.57 Å². The Bertz CT molecular complexity index is 5310. The summed E-state index contributed by atoms with van der Waals surface area (Å²) in [5, 5.41) is 0.705. The second-order valence-electron chi connectivity index (χ2n) is 27.2. The maximum absolute atomic E-state index is 10.5. The van der Waals surface area contributed by atoms with Crippen molar-refractivity contribution in [2.75, 3.05) is 16.5 Å². The Morgan fingerprint density at radius 3 is 1.81 bits per heavy atom.